The molecule has 4 amide bonds. The van der Waals surface area contributed by atoms with Gasteiger partial charge in [-0.05, 0) is 47.1 Å². The Labute approximate surface area is 212 Å². The number of carbonyl (C=O) groups excluding carboxylic acids is 5. The summed E-state index contributed by atoms with van der Waals surface area (Å²) in [6.07, 6.45) is -1.42. The molecule has 0 bridgehead atoms. The van der Waals surface area contributed by atoms with Crippen LogP contribution in [0, 0.1) is 6.92 Å². The Morgan fingerprint density at radius 3 is 2.17 bits per heavy atom. The van der Waals surface area contributed by atoms with Gasteiger partial charge >= 0.3 is 12.1 Å². The Bertz CT molecular complexity index is 925. The molecule has 0 radical (unpaired) electrons. The van der Waals surface area contributed by atoms with E-state index in [2.05, 4.69) is 10.6 Å². The van der Waals surface area contributed by atoms with Gasteiger partial charge in [-0.15, -0.1) is 0 Å². The van der Waals surface area contributed by atoms with E-state index in [1.165, 1.54) is 4.90 Å². The van der Waals surface area contributed by atoms with Gasteiger partial charge in [0, 0.05) is 13.1 Å². The highest BCUT2D eigenvalue weighted by Crippen LogP contribution is 2.23. The predicted molar refractivity (Wildman–Crippen MR) is 133 cm³/mol. The van der Waals surface area contributed by atoms with E-state index in [4.69, 9.17) is 15.2 Å². The zero-order chi connectivity index (χ0) is 27.5. The lowest BCUT2D eigenvalue weighted by molar-refractivity contribution is -0.144. The average Bonchev–Trinajstić information content (AvgIpc) is 2.75. The lowest BCUT2D eigenvalue weighted by Crippen LogP contribution is -2.54. The predicted octanol–water partition coefficient (Wildman–Crippen LogP) is 1.72. The van der Waals surface area contributed by atoms with Gasteiger partial charge in [-0.3, -0.25) is 19.2 Å². The van der Waals surface area contributed by atoms with Crippen molar-refractivity contribution in [3.8, 4) is 0 Å². The summed E-state index contributed by atoms with van der Waals surface area (Å²) in [5, 5.41) is 5.07. The van der Waals surface area contributed by atoms with Gasteiger partial charge < -0.3 is 30.7 Å². The molecular weight excluding hydrogens is 468 g/mol. The van der Waals surface area contributed by atoms with E-state index < -0.39 is 53.9 Å². The van der Waals surface area contributed by atoms with Gasteiger partial charge in [0.25, 0.3) is 0 Å². The molecule has 2 unspecified atom stereocenters. The van der Waals surface area contributed by atoms with Crippen molar-refractivity contribution in [2.24, 2.45) is 5.73 Å². The summed E-state index contributed by atoms with van der Waals surface area (Å²) >= 11 is 0. The van der Waals surface area contributed by atoms with Crippen LogP contribution >= 0.6 is 0 Å². The summed E-state index contributed by atoms with van der Waals surface area (Å²) in [4.78, 5) is 63.8. The van der Waals surface area contributed by atoms with Crippen LogP contribution in [0.1, 0.15) is 64.6 Å². The van der Waals surface area contributed by atoms with Crippen molar-refractivity contribution < 1.29 is 33.4 Å². The standard InChI is InChI=1S/C25H38N4O7/c1-7-29(23(33)18(15-19(26)30)28-24(34)36-25(4,5)6)21(17-11-9-16(3)10-12-17)22(32)27-14-13-20(31)35-8-2/h9-12,18,21H,7-8,13-15H2,1-6H3,(H2,26,30)(H,27,32)(H,28,34). The van der Waals surface area contributed by atoms with Crippen LogP contribution in [0.4, 0.5) is 4.79 Å². The quantitative estimate of drug-likeness (QED) is 0.364. The lowest BCUT2D eigenvalue weighted by Gasteiger charge is -2.33. The van der Waals surface area contributed by atoms with Crippen LogP contribution in [0.3, 0.4) is 0 Å². The highest BCUT2D eigenvalue weighted by atomic mass is 16.6. The highest BCUT2D eigenvalue weighted by molar-refractivity contribution is 5.94. The second-order valence-electron chi connectivity index (χ2n) is 9.15. The van der Waals surface area contributed by atoms with Crippen LogP contribution < -0.4 is 16.4 Å². The molecule has 1 aromatic carbocycles. The molecule has 0 fully saturated rings. The summed E-state index contributed by atoms with van der Waals surface area (Å²) in [7, 11) is 0. The molecule has 0 saturated carbocycles. The minimum absolute atomic E-state index is 0.00659. The molecule has 200 valence electrons. The van der Waals surface area contributed by atoms with Gasteiger partial charge in [-0.2, -0.15) is 0 Å². The van der Waals surface area contributed by atoms with Crippen molar-refractivity contribution in [1.29, 1.82) is 0 Å². The summed E-state index contributed by atoms with van der Waals surface area (Å²) in [6, 6.07) is 4.58. The Hall–Kier alpha value is -3.63. The molecule has 11 heteroatoms. The summed E-state index contributed by atoms with van der Waals surface area (Å²) in [5.41, 5.74) is 5.96. The van der Waals surface area contributed by atoms with Crippen molar-refractivity contribution in [1.82, 2.24) is 15.5 Å². The number of ether oxygens (including phenoxy) is 2. The van der Waals surface area contributed by atoms with Crippen molar-refractivity contribution in [2.75, 3.05) is 19.7 Å². The van der Waals surface area contributed by atoms with Crippen LogP contribution in [0.15, 0.2) is 24.3 Å². The van der Waals surface area contributed by atoms with E-state index in [-0.39, 0.29) is 26.1 Å². The number of rotatable bonds is 12. The number of primary amides is 1. The highest BCUT2D eigenvalue weighted by Gasteiger charge is 2.36. The summed E-state index contributed by atoms with van der Waals surface area (Å²) in [5.74, 6) is -2.50. The fourth-order valence-electron chi connectivity index (χ4n) is 3.36. The molecule has 0 heterocycles. The molecule has 2 atom stereocenters. The van der Waals surface area contributed by atoms with Crippen molar-refractivity contribution in [3.05, 3.63) is 35.4 Å². The fraction of sp³-hybridized carbons (Fsp3) is 0.560. The number of carbonyl (C=O) groups is 5. The van der Waals surface area contributed by atoms with Gasteiger partial charge in [0.05, 0.1) is 19.4 Å². The second kappa shape index (κ2) is 14.1. The molecule has 0 aliphatic rings. The van der Waals surface area contributed by atoms with E-state index in [1.807, 2.05) is 6.92 Å². The van der Waals surface area contributed by atoms with Crippen LogP contribution in [0.5, 0.6) is 0 Å². The first-order valence-electron chi connectivity index (χ1n) is 11.9. The third-order valence-corrected chi connectivity index (χ3v) is 4.90. The number of nitrogens with two attached hydrogens (primary N) is 1. The van der Waals surface area contributed by atoms with Crippen molar-refractivity contribution in [2.45, 2.75) is 72.1 Å². The maximum atomic E-state index is 13.6. The van der Waals surface area contributed by atoms with Gasteiger partial charge in [0.2, 0.25) is 17.7 Å². The maximum Gasteiger partial charge on any atom is 0.408 e. The first-order valence-corrected chi connectivity index (χ1v) is 11.9. The largest absolute Gasteiger partial charge is 0.466 e. The minimum Gasteiger partial charge on any atom is -0.466 e. The van der Waals surface area contributed by atoms with Crippen LogP contribution in [0.25, 0.3) is 0 Å². The Morgan fingerprint density at radius 2 is 1.67 bits per heavy atom. The molecule has 4 N–H and O–H groups in total. The Balaban J connectivity index is 3.26. The van der Waals surface area contributed by atoms with E-state index in [1.54, 1.807) is 58.9 Å². The molecule has 0 aliphatic carbocycles. The SMILES string of the molecule is CCOC(=O)CCNC(=O)C(c1ccc(C)cc1)N(CC)C(=O)C(CC(N)=O)NC(=O)OC(C)(C)C. The number of hydrogen-bond donors (Lipinski definition) is 3. The number of hydrogen-bond acceptors (Lipinski definition) is 7. The monoisotopic (exact) mass is 506 g/mol. The number of alkyl carbamates (subject to hydrolysis) is 1. The second-order valence-corrected chi connectivity index (χ2v) is 9.15. The molecule has 0 saturated heterocycles. The van der Waals surface area contributed by atoms with Crippen molar-refractivity contribution >= 4 is 29.8 Å². The van der Waals surface area contributed by atoms with Crippen LogP contribution in [-0.2, 0) is 28.7 Å². The zero-order valence-corrected chi connectivity index (χ0v) is 21.9. The fourth-order valence-corrected chi connectivity index (χ4v) is 3.36. The molecule has 0 aromatic heterocycles. The topological polar surface area (TPSA) is 157 Å². The molecule has 1 aromatic rings. The summed E-state index contributed by atoms with van der Waals surface area (Å²) in [6.45, 7) is 10.5. The molecular formula is C25H38N4O7. The summed E-state index contributed by atoms with van der Waals surface area (Å²) < 4.78 is 10.1. The number of amides is 4. The molecule has 0 spiro atoms. The number of aryl methyl sites for hydroxylation is 1. The third kappa shape index (κ3) is 10.3. The normalized spacial score (nSPS) is 12.6. The zero-order valence-electron chi connectivity index (χ0n) is 21.9. The van der Waals surface area contributed by atoms with Crippen LogP contribution in [-0.4, -0.2) is 66.0 Å². The van der Waals surface area contributed by atoms with E-state index in [0.29, 0.717) is 5.56 Å². The Kier molecular flexibility index (Phi) is 11.9. The van der Waals surface area contributed by atoms with Gasteiger partial charge in [-0.1, -0.05) is 29.8 Å². The minimum atomic E-state index is -1.35. The molecule has 0 aliphatic heterocycles. The number of nitrogens with one attached hydrogen (secondary N) is 2. The van der Waals surface area contributed by atoms with E-state index in [9.17, 15) is 24.0 Å². The van der Waals surface area contributed by atoms with E-state index in [0.717, 1.165) is 5.56 Å². The number of nitrogens with zero attached hydrogens (tertiary/aromatic N) is 1. The molecule has 1 rings (SSSR count). The smallest absolute Gasteiger partial charge is 0.408 e. The first-order chi connectivity index (χ1) is 16.8. The van der Waals surface area contributed by atoms with Gasteiger partial charge in [0.15, 0.2) is 0 Å². The molecule has 36 heavy (non-hydrogen) atoms. The van der Waals surface area contributed by atoms with Gasteiger partial charge in [0.1, 0.15) is 17.7 Å². The number of esters is 1. The Morgan fingerprint density at radius 1 is 1.06 bits per heavy atom. The number of likely N-dealkylation sites (N-methyl/N-ethyl adjacent to an activating group) is 1. The molecule has 11 nitrogen and oxygen atoms in total. The maximum absolute atomic E-state index is 13.6. The lowest BCUT2D eigenvalue weighted by atomic mass is 10.0. The van der Waals surface area contributed by atoms with Crippen LogP contribution in [0.2, 0.25) is 0 Å². The van der Waals surface area contributed by atoms with E-state index >= 15 is 0 Å². The number of benzene rings is 1. The van der Waals surface area contributed by atoms with Crippen molar-refractivity contribution in [3.63, 3.8) is 0 Å². The van der Waals surface area contributed by atoms with Gasteiger partial charge in [-0.25, -0.2) is 4.79 Å². The third-order valence-electron chi connectivity index (χ3n) is 4.90. The first kappa shape index (κ1) is 30.4. The average molecular weight is 507 g/mol.